The molecule has 1 saturated heterocycles. The molecule has 1 aromatic carbocycles. The molecule has 1 aliphatic rings. The minimum atomic E-state index is -0.601. The zero-order valence-electron chi connectivity index (χ0n) is 22.3. The van der Waals surface area contributed by atoms with E-state index < -0.39 is 18.2 Å². The van der Waals surface area contributed by atoms with Crippen molar-refractivity contribution < 1.29 is 23.3 Å². The standard InChI is InChI=1S/C29H29Cl2FN4O4/c1-17(27-21(30)15-33-16-22(27)31)40-19-8-10-25-20(13-19)28(35-36(25)26-6-4-5-11-39-26)23(32)12-18-7-9-24(34-14-18)29(37-2)38-3/h7-10,12-17,26,29H,4-6,11H2,1-3H3/b23-12-. The van der Waals surface area contributed by atoms with Crippen molar-refractivity contribution >= 4 is 46.0 Å². The molecule has 8 nitrogen and oxygen atoms in total. The minimum Gasteiger partial charge on any atom is -0.486 e. The molecule has 1 aliphatic heterocycles. The summed E-state index contributed by atoms with van der Waals surface area (Å²) in [5, 5.41) is 6.06. The number of aromatic nitrogens is 4. The van der Waals surface area contributed by atoms with E-state index in [2.05, 4.69) is 15.1 Å². The second-order valence-corrected chi connectivity index (χ2v) is 10.2. The minimum absolute atomic E-state index is 0.179. The maximum absolute atomic E-state index is 15.9. The first-order valence-electron chi connectivity index (χ1n) is 12.9. The van der Waals surface area contributed by atoms with Crippen molar-refractivity contribution in [1.29, 1.82) is 0 Å². The highest BCUT2D eigenvalue weighted by atomic mass is 35.5. The monoisotopic (exact) mass is 586 g/mol. The second-order valence-electron chi connectivity index (χ2n) is 9.38. The predicted octanol–water partition coefficient (Wildman–Crippen LogP) is 7.73. The van der Waals surface area contributed by atoms with Gasteiger partial charge >= 0.3 is 0 Å². The first kappa shape index (κ1) is 28.4. The van der Waals surface area contributed by atoms with Gasteiger partial charge in [-0.1, -0.05) is 29.3 Å². The fraction of sp³-hybridized carbons (Fsp3) is 0.345. The van der Waals surface area contributed by atoms with E-state index in [1.165, 1.54) is 32.7 Å². The van der Waals surface area contributed by atoms with Gasteiger partial charge in [-0.2, -0.15) is 5.10 Å². The van der Waals surface area contributed by atoms with Crippen LogP contribution in [0, 0.1) is 0 Å². The van der Waals surface area contributed by atoms with Crippen LogP contribution in [-0.4, -0.2) is 40.6 Å². The average molecular weight is 587 g/mol. The van der Waals surface area contributed by atoms with Gasteiger partial charge in [-0.15, -0.1) is 0 Å². The Balaban J connectivity index is 1.52. The molecule has 2 atom stereocenters. The molecule has 0 amide bonds. The number of nitrogens with zero attached hydrogens (tertiary/aromatic N) is 4. The highest BCUT2D eigenvalue weighted by molar-refractivity contribution is 6.35. The Kier molecular flexibility index (Phi) is 8.97. The fourth-order valence-electron chi connectivity index (χ4n) is 4.77. The zero-order valence-corrected chi connectivity index (χ0v) is 23.8. The van der Waals surface area contributed by atoms with Gasteiger partial charge in [0, 0.05) is 50.4 Å². The van der Waals surface area contributed by atoms with Gasteiger partial charge in [-0.3, -0.25) is 9.97 Å². The maximum Gasteiger partial charge on any atom is 0.200 e. The number of methoxy groups -OCH3 is 2. The molecule has 4 aromatic rings. The van der Waals surface area contributed by atoms with Crippen molar-refractivity contribution in [2.24, 2.45) is 0 Å². The van der Waals surface area contributed by atoms with Crippen LogP contribution in [0.25, 0.3) is 22.8 Å². The summed E-state index contributed by atoms with van der Waals surface area (Å²) in [7, 11) is 3.06. The van der Waals surface area contributed by atoms with Crippen LogP contribution in [-0.2, 0) is 14.2 Å². The molecular weight excluding hydrogens is 558 g/mol. The van der Waals surface area contributed by atoms with Crippen molar-refractivity contribution in [1.82, 2.24) is 19.7 Å². The van der Waals surface area contributed by atoms with E-state index in [4.69, 9.17) is 42.1 Å². The van der Waals surface area contributed by atoms with Gasteiger partial charge in [0.2, 0.25) is 6.29 Å². The third-order valence-electron chi connectivity index (χ3n) is 6.71. The summed E-state index contributed by atoms with van der Waals surface area (Å²) in [6.07, 6.45) is 7.42. The first-order chi connectivity index (χ1) is 19.4. The quantitative estimate of drug-likeness (QED) is 0.185. The molecular formula is C29H29Cl2FN4O4. The Morgan fingerprint density at radius 1 is 1.10 bits per heavy atom. The van der Waals surface area contributed by atoms with Gasteiger partial charge in [-0.05, 0) is 62.1 Å². The molecule has 0 spiro atoms. The number of halogens is 3. The van der Waals surface area contributed by atoms with Crippen LogP contribution in [0.5, 0.6) is 5.75 Å². The zero-order chi connectivity index (χ0) is 28.2. The molecule has 0 aliphatic carbocycles. The summed E-state index contributed by atoms with van der Waals surface area (Å²) >= 11 is 12.7. The molecule has 3 aromatic heterocycles. The van der Waals surface area contributed by atoms with Crippen LogP contribution in [0.2, 0.25) is 10.0 Å². The van der Waals surface area contributed by atoms with Gasteiger partial charge in [0.1, 0.15) is 17.5 Å². The number of benzene rings is 1. The van der Waals surface area contributed by atoms with Crippen LogP contribution in [0.3, 0.4) is 0 Å². The van der Waals surface area contributed by atoms with E-state index in [0.29, 0.717) is 44.6 Å². The van der Waals surface area contributed by atoms with Gasteiger partial charge in [0.25, 0.3) is 0 Å². The van der Waals surface area contributed by atoms with Crippen LogP contribution in [0.15, 0.2) is 48.9 Å². The van der Waals surface area contributed by atoms with Gasteiger partial charge in [-0.25, -0.2) is 9.07 Å². The van der Waals surface area contributed by atoms with E-state index >= 15 is 4.39 Å². The van der Waals surface area contributed by atoms with Crippen molar-refractivity contribution in [3.05, 3.63) is 81.5 Å². The molecule has 4 heterocycles. The van der Waals surface area contributed by atoms with Gasteiger partial charge < -0.3 is 18.9 Å². The summed E-state index contributed by atoms with van der Waals surface area (Å²) < 4.78 is 40.3. The largest absolute Gasteiger partial charge is 0.486 e. The van der Waals surface area contributed by atoms with E-state index in [1.807, 2.05) is 19.1 Å². The molecule has 11 heteroatoms. The highest BCUT2D eigenvalue weighted by Crippen LogP contribution is 2.37. The van der Waals surface area contributed by atoms with Crippen LogP contribution < -0.4 is 4.74 Å². The molecule has 210 valence electrons. The summed E-state index contributed by atoms with van der Waals surface area (Å²) in [5.74, 6) is -0.00661. The number of hydrogen-bond acceptors (Lipinski definition) is 7. The Bertz CT molecular complexity index is 1480. The van der Waals surface area contributed by atoms with Crippen molar-refractivity contribution in [2.45, 2.75) is 44.8 Å². The third-order valence-corrected chi connectivity index (χ3v) is 7.32. The molecule has 5 rings (SSSR count). The molecule has 0 N–H and O–H groups in total. The Morgan fingerprint density at radius 2 is 1.88 bits per heavy atom. The van der Waals surface area contributed by atoms with E-state index in [-0.39, 0.29) is 11.9 Å². The number of hydrogen-bond donors (Lipinski definition) is 0. The molecule has 40 heavy (non-hydrogen) atoms. The van der Waals surface area contributed by atoms with Crippen molar-refractivity contribution in [3.63, 3.8) is 0 Å². The highest BCUT2D eigenvalue weighted by Gasteiger charge is 2.24. The number of ether oxygens (including phenoxy) is 4. The molecule has 1 fully saturated rings. The lowest BCUT2D eigenvalue weighted by Gasteiger charge is -2.23. The Hall–Kier alpha value is -3.08. The van der Waals surface area contributed by atoms with Gasteiger partial charge in [0.15, 0.2) is 12.1 Å². The summed E-state index contributed by atoms with van der Waals surface area (Å²) in [5.41, 5.74) is 2.68. The molecule has 2 unspecified atom stereocenters. The van der Waals surface area contributed by atoms with E-state index in [0.717, 1.165) is 24.8 Å². The van der Waals surface area contributed by atoms with Crippen molar-refractivity contribution in [3.8, 4) is 5.75 Å². The third kappa shape index (κ3) is 5.99. The maximum atomic E-state index is 15.9. The number of rotatable bonds is 9. The average Bonchev–Trinajstić information content (AvgIpc) is 3.34. The SMILES string of the molecule is COC(OC)c1ccc(/C=C(\F)c2nn(C3CCCCO3)c3ccc(OC(C)c4c(Cl)cncc4Cl)cc23)cn1. The van der Waals surface area contributed by atoms with E-state index in [9.17, 15) is 0 Å². The Labute approximate surface area is 241 Å². The normalized spacial score (nSPS) is 17.0. The number of fused-ring (bicyclic) bond motifs is 1. The Morgan fingerprint density at radius 3 is 2.52 bits per heavy atom. The lowest BCUT2D eigenvalue weighted by Crippen LogP contribution is -2.19. The summed E-state index contributed by atoms with van der Waals surface area (Å²) in [4.78, 5) is 8.35. The van der Waals surface area contributed by atoms with Crippen LogP contribution in [0.1, 0.15) is 67.3 Å². The predicted molar refractivity (Wildman–Crippen MR) is 152 cm³/mol. The van der Waals surface area contributed by atoms with E-state index in [1.54, 1.807) is 29.1 Å². The molecule has 0 bridgehead atoms. The summed E-state index contributed by atoms with van der Waals surface area (Å²) in [6, 6.07) is 8.92. The fourth-order valence-corrected chi connectivity index (χ4v) is 5.44. The lowest BCUT2D eigenvalue weighted by molar-refractivity contribution is -0.108. The molecule has 0 saturated carbocycles. The lowest BCUT2D eigenvalue weighted by atomic mass is 10.1. The summed E-state index contributed by atoms with van der Waals surface area (Å²) in [6.45, 7) is 2.47. The first-order valence-corrected chi connectivity index (χ1v) is 13.6. The van der Waals surface area contributed by atoms with Crippen LogP contribution >= 0.6 is 23.2 Å². The smallest absolute Gasteiger partial charge is 0.200 e. The van der Waals surface area contributed by atoms with Crippen molar-refractivity contribution in [2.75, 3.05) is 20.8 Å². The van der Waals surface area contributed by atoms with Crippen LogP contribution in [0.4, 0.5) is 4.39 Å². The molecule has 0 radical (unpaired) electrons. The van der Waals surface area contributed by atoms with Gasteiger partial charge in [0.05, 0.1) is 21.3 Å². The second kappa shape index (κ2) is 12.6. The number of pyridine rings is 2. The topological polar surface area (TPSA) is 80.5 Å².